The minimum absolute atomic E-state index is 0.318. The average Bonchev–Trinajstić information content (AvgIpc) is 2.57. The van der Waals surface area contributed by atoms with Gasteiger partial charge in [-0.25, -0.2) is 9.59 Å². The van der Waals surface area contributed by atoms with Crippen LogP contribution in [0.15, 0.2) is 0 Å². The number of rotatable bonds is 15. The third-order valence-electron chi connectivity index (χ3n) is 4.03. The number of amides is 2. The van der Waals surface area contributed by atoms with Crippen molar-refractivity contribution in [3.05, 3.63) is 0 Å². The third kappa shape index (κ3) is 17.1. The lowest BCUT2D eigenvalue weighted by Crippen LogP contribution is -2.37. The van der Waals surface area contributed by atoms with Gasteiger partial charge in [0.05, 0.1) is 0 Å². The molecule has 0 aliphatic heterocycles. The minimum atomic E-state index is -0.442. The Labute approximate surface area is 148 Å². The highest BCUT2D eigenvalue weighted by atomic mass is 16.7. The summed E-state index contributed by atoms with van der Waals surface area (Å²) in [5.74, 6) is -0.405. The summed E-state index contributed by atoms with van der Waals surface area (Å²) in [4.78, 5) is 27.0. The summed E-state index contributed by atoms with van der Waals surface area (Å²) in [6.45, 7) is 4.76. The Bertz CT molecular complexity index is 309. The molecular formula is C19H38N2O3. The number of unbranched alkanes of at least 4 members (excludes halogenated alkanes) is 11. The van der Waals surface area contributed by atoms with Crippen LogP contribution in [0.3, 0.4) is 0 Å². The summed E-state index contributed by atoms with van der Waals surface area (Å²) in [5.41, 5.74) is 2.11. The number of nitrogens with one attached hydrogen (secondary N) is 2. The van der Waals surface area contributed by atoms with Crippen LogP contribution in [0.2, 0.25) is 0 Å². The number of hydrogen-bond donors (Lipinski definition) is 2. The van der Waals surface area contributed by atoms with Crippen molar-refractivity contribution in [1.29, 1.82) is 0 Å². The summed E-state index contributed by atoms with van der Waals surface area (Å²) < 4.78 is 0. The molecule has 0 atom stereocenters. The summed E-state index contributed by atoms with van der Waals surface area (Å²) in [6.07, 6.45) is 16.6. The van der Waals surface area contributed by atoms with Crippen LogP contribution in [0.25, 0.3) is 0 Å². The predicted molar refractivity (Wildman–Crippen MR) is 98.6 cm³/mol. The van der Waals surface area contributed by atoms with E-state index in [0.717, 1.165) is 12.8 Å². The lowest BCUT2D eigenvalue weighted by atomic mass is 10.1. The first kappa shape index (κ1) is 22.7. The van der Waals surface area contributed by atoms with E-state index in [-0.39, 0.29) is 0 Å². The molecule has 0 saturated carbocycles. The molecule has 0 radical (unpaired) electrons. The fourth-order valence-electron chi connectivity index (χ4n) is 2.56. The molecule has 24 heavy (non-hydrogen) atoms. The Morgan fingerprint density at radius 1 is 0.708 bits per heavy atom. The molecule has 142 valence electrons. The van der Waals surface area contributed by atoms with Crippen molar-refractivity contribution in [3.63, 3.8) is 0 Å². The zero-order valence-corrected chi connectivity index (χ0v) is 15.8. The Kier molecular flexibility index (Phi) is 17.1. The molecule has 0 fully saturated rings. The van der Waals surface area contributed by atoms with Gasteiger partial charge in [0.1, 0.15) is 0 Å². The molecule has 0 aromatic heterocycles. The maximum absolute atomic E-state index is 11.4. The van der Waals surface area contributed by atoms with Gasteiger partial charge in [-0.15, -0.1) is 0 Å². The molecule has 0 spiro atoms. The molecule has 5 nitrogen and oxygen atoms in total. The number of urea groups is 1. The zero-order valence-electron chi connectivity index (χ0n) is 15.8. The summed E-state index contributed by atoms with van der Waals surface area (Å²) in [7, 11) is 0. The van der Waals surface area contributed by atoms with Crippen LogP contribution >= 0.6 is 0 Å². The van der Waals surface area contributed by atoms with E-state index in [2.05, 4.69) is 22.6 Å². The van der Waals surface area contributed by atoms with Gasteiger partial charge in [-0.2, -0.15) is 5.48 Å². The second-order valence-electron chi connectivity index (χ2n) is 6.47. The van der Waals surface area contributed by atoms with Crippen molar-refractivity contribution < 1.29 is 14.4 Å². The van der Waals surface area contributed by atoms with Crippen molar-refractivity contribution in [3.8, 4) is 0 Å². The average molecular weight is 343 g/mol. The highest BCUT2D eigenvalue weighted by molar-refractivity contribution is 5.76. The standard InChI is InChI=1S/C19H38N2O3/c1-3-5-6-7-8-9-10-11-12-13-14-15-17-20-19(23)21-24-18(22)16-4-2/h3-17H2,1-2H3,(H2,20,21,23). The van der Waals surface area contributed by atoms with Crippen molar-refractivity contribution in [2.24, 2.45) is 0 Å². The largest absolute Gasteiger partial charge is 0.348 e. The number of carbonyl (C=O) groups is 2. The Morgan fingerprint density at radius 3 is 1.71 bits per heavy atom. The van der Waals surface area contributed by atoms with Crippen LogP contribution in [-0.2, 0) is 9.63 Å². The molecule has 0 heterocycles. The van der Waals surface area contributed by atoms with Gasteiger partial charge in [0.2, 0.25) is 0 Å². The minimum Gasteiger partial charge on any atom is -0.339 e. The highest BCUT2D eigenvalue weighted by Crippen LogP contribution is 2.11. The number of hydroxylamine groups is 1. The predicted octanol–water partition coefficient (Wildman–Crippen LogP) is 5.25. The Hall–Kier alpha value is -1.26. The fraction of sp³-hybridized carbons (Fsp3) is 0.895. The van der Waals surface area contributed by atoms with E-state index in [1.54, 1.807) is 0 Å². The van der Waals surface area contributed by atoms with Gasteiger partial charge in [0.15, 0.2) is 0 Å². The van der Waals surface area contributed by atoms with E-state index in [1.807, 2.05) is 6.92 Å². The van der Waals surface area contributed by atoms with Crippen molar-refractivity contribution in [2.45, 2.75) is 104 Å². The van der Waals surface area contributed by atoms with E-state index in [9.17, 15) is 9.59 Å². The molecule has 0 aliphatic rings. The second kappa shape index (κ2) is 18.1. The quantitative estimate of drug-likeness (QED) is 0.316. The first-order chi connectivity index (χ1) is 11.7. The smallest absolute Gasteiger partial charge is 0.339 e. The van der Waals surface area contributed by atoms with Crippen molar-refractivity contribution in [1.82, 2.24) is 10.8 Å². The molecule has 0 aromatic rings. The third-order valence-corrected chi connectivity index (χ3v) is 4.03. The molecule has 0 aromatic carbocycles. The second-order valence-corrected chi connectivity index (χ2v) is 6.47. The van der Waals surface area contributed by atoms with Gasteiger partial charge in [0, 0.05) is 13.0 Å². The van der Waals surface area contributed by atoms with E-state index in [1.165, 1.54) is 64.2 Å². The molecule has 0 bridgehead atoms. The Balaban J connectivity index is 3.19. The normalized spacial score (nSPS) is 10.4. The SMILES string of the molecule is CCCCCCCCCCCCCCNC(=O)NOC(=O)CCC. The molecule has 0 aliphatic carbocycles. The van der Waals surface area contributed by atoms with E-state index in [4.69, 9.17) is 0 Å². The van der Waals surface area contributed by atoms with Gasteiger partial charge in [-0.05, 0) is 12.8 Å². The van der Waals surface area contributed by atoms with Crippen molar-refractivity contribution >= 4 is 12.0 Å². The molecule has 0 saturated heterocycles. The van der Waals surface area contributed by atoms with Crippen LogP contribution in [0, 0.1) is 0 Å². The van der Waals surface area contributed by atoms with Crippen LogP contribution in [0.1, 0.15) is 104 Å². The first-order valence-corrected chi connectivity index (χ1v) is 9.94. The van der Waals surface area contributed by atoms with Crippen LogP contribution in [0.4, 0.5) is 4.79 Å². The summed E-state index contributed by atoms with van der Waals surface area (Å²) in [6, 6.07) is -0.442. The van der Waals surface area contributed by atoms with E-state index in [0.29, 0.717) is 19.4 Å². The lowest BCUT2D eigenvalue weighted by Gasteiger charge is -2.07. The Morgan fingerprint density at radius 2 is 1.21 bits per heavy atom. The monoisotopic (exact) mass is 342 g/mol. The van der Waals surface area contributed by atoms with Gasteiger partial charge >= 0.3 is 12.0 Å². The van der Waals surface area contributed by atoms with E-state index < -0.39 is 12.0 Å². The molecule has 2 amide bonds. The molecule has 0 unspecified atom stereocenters. The van der Waals surface area contributed by atoms with Crippen LogP contribution < -0.4 is 10.8 Å². The first-order valence-electron chi connectivity index (χ1n) is 9.94. The molecular weight excluding hydrogens is 304 g/mol. The molecule has 5 heteroatoms. The van der Waals surface area contributed by atoms with Crippen LogP contribution in [-0.4, -0.2) is 18.5 Å². The van der Waals surface area contributed by atoms with Gasteiger partial charge in [-0.3, -0.25) is 0 Å². The number of carbonyl (C=O) groups excluding carboxylic acids is 2. The van der Waals surface area contributed by atoms with Crippen molar-refractivity contribution in [2.75, 3.05) is 6.54 Å². The maximum Gasteiger partial charge on any atom is 0.348 e. The summed E-state index contributed by atoms with van der Waals surface area (Å²) >= 11 is 0. The van der Waals surface area contributed by atoms with Gasteiger partial charge in [-0.1, -0.05) is 84.5 Å². The topological polar surface area (TPSA) is 67.4 Å². The lowest BCUT2D eigenvalue weighted by molar-refractivity contribution is -0.148. The zero-order chi connectivity index (χ0) is 17.9. The fourth-order valence-corrected chi connectivity index (χ4v) is 2.56. The molecule has 0 rings (SSSR count). The van der Waals surface area contributed by atoms with Crippen LogP contribution in [0.5, 0.6) is 0 Å². The molecule has 2 N–H and O–H groups in total. The van der Waals surface area contributed by atoms with Gasteiger partial charge in [0.25, 0.3) is 0 Å². The highest BCUT2D eigenvalue weighted by Gasteiger charge is 2.04. The van der Waals surface area contributed by atoms with E-state index >= 15 is 0 Å². The number of hydrogen-bond acceptors (Lipinski definition) is 3. The maximum atomic E-state index is 11.4. The summed E-state index contributed by atoms with van der Waals surface area (Å²) in [5, 5.41) is 2.69. The van der Waals surface area contributed by atoms with Gasteiger partial charge < -0.3 is 10.2 Å².